The van der Waals surface area contributed by atoms with Crippen LogP contribution in [-0.2, 0) is 4.79 Å². The van der Waals surface area contributed by atoms with Crippen molar-refractivity contribution in [2.75, 3.05) is 12.4 Å². The summed E-state index contributed by atoms with van der Waals surface area (Å²) in [5.41, 5.74) is 2.18. The molecule has 0 saturated carbocycles. The van der Waals surface area contributed by atoms with E-state index in [2.05, 4.69) is 10.6 Å². The second-order valence-electron chi connectivity index (χ2n) is 3.35. The number of hydrogen-bond acceptors (Lipinski definition) is 2. The molecule has 1 unspecified atom stereocenters. The van der Waals surface area contributed by atoms with Gasteiger partial charge in [-0.1, -0.05) is 17.7 Å². The van der Waals surface area contributed by atoms with Crippen LogP contribution in [0.3, 0.4) is 0 Å². The first-order valence-electron chi connectivity index (χ1n) is 4.68. The number of anilines is 1. The molecule has 0 heterocycles. The Kier molecular flexibility index (Phi) is 3.51. The van der Waals surface area contributed by atoms with Crippen LogP contribution in [0.4, 0.5) is 5.69 Å². The fraction of sp³-hybridized carbons (Fsp3) is 0.364. The molecule has 0 radical (unpaired) electrons. The summed E-state index contributed by atoms with van der Waals surface area (Å²) in [7, 11) is 1.63. The molecular formula is C11H16N2O. The van der Waals surface area contributed by atoms with Gasteiger partial charge in [0.25, 0.3) is 0 Å². The number of likely N-dealkylation sites (N-methyl/N-ethyl adjacent to an activating group) is 1. The highest BCUT2D eigenvalue weighted by Crippen LogP contribution is 2.09. The highest BCUT2D eigenvalue weighted by atomic mass is 16.2. The van der Waals surface area contributed by atoms with Crippen molar-refractivity contribution in [3.63, 3.8) is 0 Å². The Labute approximate surface area is 84.5 Å². The van der Waals surface area contributed by atoms with Gasteiger partial charge in [0, 0.05) is 12.7 Å². The van der Waals surface area contributed by atoms with Crippen LogP contribution >= 0.6 is 0 Å². The van der Waals surface area contributed by atoms with Gasteiger partial charge in [0.05, 0.1) is 0 Å². The predicted octanol–water partition coefficient (Wildman–Crippen LogP) is 1.54. The summed E-state index contributed by atoms with van der Waals surface area (Å²) in [6.45, 7) is 3.87. The van der Waals surface area contributed by atoms with Crippen LogP contribution in [-0.4, -0.2) is 19.0 Å². The van der Waals surface area contributed by atoms with E-state index in [0.717, 1.165) is 5.69 Å². The van der Waals surface area contributed by atoms with Crippen molar-refractivity contribution in [3.8, 4) is 0 Å². The number of benzene rings is 1. The number of carbonyl (C=O) groups excluding carboxylic acids is 1. The molecule has 0 spiro atoms. The van der Waals surface area contributed by atoms with Gasteiger partial charge in [-0.05, 0) is 26.0 Å². The third kappa shape index (κ3) is 2.76. The summed E-state index contributed by atoms with van der Waals surface area (Å²) in [5.74, 6) is -0.00873. The Morgan fingerprint density at radius 1 is 1.29 bits per heavy atom. The van der Waals surface area contributed by atoms with E-state index in [1.54, 1.807) is 7.05 Å². The van der Waals surface area contributed by atoms with E-state index < -0.39 is 0 Å². The number of carbonyl (C=O) groups is 1. The third-order valence-electron chi connectivity index (χ3n) is 2.07. The van der Waals surface area contributed by atoms with Gasteiger partial charge in [0.2, 0.25) is 5.91 Å². The molecule has 1 aromatic carbocycles. The molecule has 0 saturated heterocycles. The summed E-state index contributed by atoms with van der Waals surface area (Å²) >= 11 is 0. The van der Waals surface area contributed by atoms with Crippen molar-refractivity contribution in [1.29, 1.82) is 0 Å². The van der Waals surface area contributed by atoms with E-state index in [1.807, 2.05) is 38.1 Å². The summed E-state index contributed by atoms with van der Waals surface area (Å²) in [6.07, 6.45) is 0. The average molecular weight is 192 g/mol. The zero-order chi connectivity index (χ0) is 10.6. The molecule has 76 valence electrons. The summed E-state index contributed by atoms with van der Waals surface area (Å²) in [5, 5.41) is 5.70. The van der Waals surface area contributed by atoms with E-state index in [1.165, 1.54) is 5.56 Å². The van der Waals surface area contributed by atoms with Gasteiger partial charge in [-0.15, -0.1) is 0 Å². The van der Waals surface area contributed by atoms with Gasteiger partial charge in [0.1, 0.15) is 6.04 Å². The maximum Gasteiger partial charge on any atom is 0.241 e. The molecule has 0 aliphatic carbocycles. The number of aryl methyl sites for hydroxylation is 1. The topological polar surface area (TPSA) is 41.1 Å². The maximum atomic E-state index is 11.2. The first kappa shape index (κ1) is 10.6. The quantitative estimate of drug-likeness (QED) is 0.762. The Morgan fingerprint density at radius 3 is 2.36 bits per heavy atom. The molecular weight excluding hydrogens is 176 g/mol. The Bertz CT molecular complexity index is 306. The van der Waals surface area contributed by atoms with Gasteiger partial charge in [-0.2, -0.15) is 0 Å². The summed E-state index contributed by atoms with van der Waals surface area (Å²) in [6, 6.07) is 7.75. The molecule has 1 amide bonds. The lowest BCUT2D eigenvalue weighted by molar-refractivity contribution is -0.121. The lowest BCUT2D eigenvalue weighted by atomic mass is 10.2. The molecule has 3 heteroatoms. The minimum Gasteiger partial charge on any atom is -0.374 e. The van der Waals surface area contributed by atoms with Crippen LogP contribution in [0.2, 0.25) is 0 Å². The van der Waals surface area contributed by atoms with Crippen molar-refractivity contribution in [2.45, 2.75) is 19.9 Å². The Morgan fingerprint density at radius 2 is 1.86 bits per heavy atom. The van der Waals surface area contributed by atoms with Crippen molar-refractivity contribution in [2.24, 2.45) is 0 Å². The van der Waals surface area contributed by atoms with E-state index in [4.69, 9.17) is 0 Å². The molecule has 14 heavy (non-hydrogen) atoms. The average Bonchev–Trinajstić information content (AvgIpc) is 2.20. The van der Waals surface area contributed by atoms with Crippen LogP contribution in [0.5, 0.6) is 0 Å². The zero-order valence-electron chi connectivity index (χ0n) is 8.79. The molecule has 0 bridgehead atoms. The standard InChI is InChI=1S/C11H16N2O/c1-8-4-6-10(7-5-8)13-9(2)11(14)12-3/h4-7,9,13H,1-3H3,(H,12,14). The molecule has 3 nitrogen and oxygen atoms in total. The van der Waals surface area contributed by atoms with Crippen molar-refractivity contribution >= 4 is 11.6 Å². The van der Waals surface area contributed by atoms with Crippen molar-refractivity contribution in [1.82, 2.24) is 5.32 Å². The summed E-state index contributed by atoms with van der Waals surface area (Å²) in [4.78, 5) is 11.2. The lowest BCUT2D eigenvalue weighted by Gasteiger charge is -2.13. The third-order valence-corrected chi connectivity index (χ3v) is 2.07. The molecule has 1 rings (SSSR count). The normalized spacial score (nSPS) is 11.9. The fourth-order valence-electron chi connectivity index (χ4n) is 1.18. The monoisotopic (exact) mass is 192 g/mol. The summed E-state index contributed by atoms with van der Waals surface area (Å²) < 4.78 is 0. The van der Waals surface area contributed by atoms with Gasteiger partial charge in [-0.25, -0.2) is 0 Å². The highest BCUT2D eigenvalue weighted by Gasteiger charge is 2.09. The molecule has 2 N–H and O–H groups in total. The number of amides is 1. The van der Waals surface area contributed by atoms with Crippen molar-refractivity contribution < 1.29 is 4.79 Å². The molecule has 0 fully saturated rings. The molecule has 1 aromatic rings. The minimum atomic E-state index is -0.206. The van der Waals surface area contributed by atoms with Crippen LogP contribution in [0, 0.1) is 6.92 Å². The Hall–Kier alpha value is -1.51. The van der Waals surface area contributed by atoms with E-state index >= 15 is 0 Å². The largest absolute Gasteiger partial charge is 0.374 e. The van der Waals surface area contributed by atoms with Gasteiger partial charge in [-0.3, -0.25) is 4.79 Å². The van der Waals surface area contributed by atoms with E-state index in [-0.39, 0.29) is 11.9 Å². The maximum absolute atomic E-state index is 11.2. The van der Waals surface area contributed by atoms with Crippen LogP contribution in [0.25, 0.3) is 0 Å². The Balaban J connectivity index is 2.60. The lowest BCUT2D eigenvalue weighted by Crippen LogP contribution is -2.35. The van der Waals surface area contributed by atoms with Crippen molar-refractivity contribution in [3.05, 3.63) is 29.8 Å². The number of hydrogen-bond donors (Lipinski definition) is 2. The van der Waals surface area contributed by atoms with Gasteiger partial charge >= 0.3 is 0 Å². The number of rotatable bonds is 3. The minimum absolute atomic E-state index is 0.00873. The highest BCUT2D eigenvalue weighted by molar-refractivity contribution is 5.83. The molecule has 0 aromatic heterocycles. The van der Waals surface area contributed by atoms with E-state index in [9.17, 15) is 4.79 Å². The fourth-order valence-corrected chi connectivity index (χ4v) is 1.18. The molecule has 1 atom stereocenters. The zero-order valence-corrected chi connectivity index (χ0v) is 8.79. The van der Waals surface area contributed by atoms with Crippen LogP contribution in [0.1, 0.15) is 12.5 Å². The van der Waals surface area contributed by atoms with Crippen LogP contribution < -0.4 is 10.6 Å². The van der Waals surface area contributed by atoms with E-state index in [0.29, 0.717) is 0 Å². The predicted molar refractivity (Wildman–Crippen MR) is 58.3 cm³/mol. The number of nitrogens with one attached hydrogen (secondary N) is 2. The molecule has 0 aliphatic heterocycles. The van der Waals surface area contributed by atoms with Gasteiger partial charge < -0.3 is 10.6 Å². The SMILES string of the molecule is CNC(=O)C(C)Nc1ccc(C)cc1. The first-order valence-corrected chi connectivity index (χ1v) is 4.68. The van der Waals surface area contributed by atoms with Gasteiger partial charge in [0.15, 0.2) is 0 Å². The first-order chi connectivity index (χ1) is 6.63. The smallest absolute Gasteiger partial charge is 0.241 e. The molecule has 0 aliphatic rings. The second-order valence-corrected chi connectivity index (χ2v) is 3.35. The second kappa shape index (κ2) is 4.65. The van der Waals surface area contributed by atoms with Crippen LogP contribution in [0.15, 0.2) is 24.3 Å².